The number of rotatable bonds is 5. The molecular weight excluding hydrogens is 701 g/mol. The van der Waals surface area contributed by atoms with Crippen LogP contribution in [-0.2, 0) is 0 Å². The fourth-order valence-corrected chi connectivity index (χ4v) is 8.79. The highest BCUT2D eigenvalue weighted by Crippen LogP contribution is 2.41. The average Bonchev–Trinajstić information content (AvgIpc) is 3.95. The van der Waals surface area contributed by atoms with Crippen molar-refractivity contribution in [2.45, 2.75) is 12.3 Å². The van der Waals surface area contributed by atoms with Gasteiger partial charge in [-0.15, -0.1) is 0 Å². The number of aliphatic imine (C=N–C) groups is 1. The third-order valence-corrected chi connectivity index (χ3v) is 11.5. The molecule has 0 fully saturated rings. The minimum Gasteiger partial charge on any atom is -0.456 e. The molecule has 0 saturated heterocycles. The van der Waals surface area contributed by atoms with Gasteiger partial charge < -0.3 is 18.7 Å². The zero-order chi connectivity index (χ0) is 37.5. The van der Waals surface area contributed by atoms with Crippen LogP contribution in [0.5, 0.6) is 0 Å². The van der Waals surface area contributed by atoms with E-state index in [1.807, 2.05) is 24.3 Å². The molecule has 3 aromatic heterocycles. The Balaban J connectivity index is 0.921. The number of para-hydroxylation sites is 2. The Morgan fingerprint density at radius 2 is 1.04 bits per heavy atom. The zero-order valence-electron chi connectivity index (χ0n) is 30.7. The second-order valence-electron chi connectivity index (χ2n) is 14.8. The van der Waals surface area contributed by atoms with Crippen LogP contribution in [0.4, 0.5) is 0 Å². The standard InChI is InChI=1S/C51H34N4O2/c1-3-12-31(13-4-1)49-52-50(32-14-5-2-6-15-32)54-51(53-49)35-24-26-39-38-25-22-33(28-45(38)57-46(39)30-35)34-23-27-40-47(29-34)56-44-21-11-20-43(48(40)44)55-41-18-9-7-16-36(41)37-17-8-10-19-42(37)55/h1-30,49,51,53H,(H,52,54). The summed E-state index contributed by atoms with van der Waals surface area (Å²) in [5.74, 6) is 0.854. The van der Waals surface area contributed by atoms with Gasteiger partial charge in [0.1, 0.15) is 40.5 Å². The van der Waals surface area contributed by atoms with Crippen molar-refractivity contribution in [1.82, 2.24) is 15.2 Å². The van der Waals surface area contributed by atoms with Crippen molar-refractivity contribution in [3.63, 3.8) is 0 Å². The Morgan fingerprint density at radius 3 is 1.77 bits per heavy atom. The van der Waals surface area contributed by atoms with Crippen LogP contribution in [0.1, 0.15) is 29.0 Å². The fourth-order valence-electron chi connectivity index (χ4n) is 8.79. The quantitative estimate of drug-likeness (QED) is 0.185. The second-order valence-corrected chi connectivity index (χ2v) is 14.8. The lowest BCUT2D eigenvalue weighted by molar-refractivity contribution is 0.409. The normalized spacial score (nSPS) is 15.9. The lowest BCUT2D eigenvalue weighted by Gasteiger charge is -2.32. The summed E-state index contributed by atoms with van der Waals surface area (Å²) in [6, 6.07) is 63.8. The number of aromatic nitrogens is 1. The van der Waals surface area contributed by atoms with E-state index in [-0.39, 0.29) is 12.3 Å². The summed E-state index contributed by atoms with van der Waals surface area (Å²) in [4.78, 5) is 5.14. The average molecular weight is 735 g/mol. The molecule has 1 aliphatic rings. The molecule has 0 aliphatic carbocycles. The van der Waals surface area contributed by atoms with Crippen molar-refractivity contribution in [1.29, 1.82) is 0 Å². The summed E-state index contributed by atoms with van der Waals surface area (Å²) in [5, 5.41) is 14.2. The van der Waals surface area contributed by atoms with Gasteiger partial charge in [0.05, 0.1) is 22.1 Å². The Hall–Kier alpha value is -7.41. The van der Waals surface area contributed by atoms with Gasteiger partial charge in [0.15, 0.2) is 0 Å². The number of nitrogens with zero attached hydrogens (tertiary/aromatic N) is 2. The molecule has 11 aromatic rings. The SMILES string of the molecule is c1ccc(C2=NC(c3ccc4c(c3)oc3cc(-c5ccc6c(c5)oc5cccc(-n7c8ccccc8c8ccccc87)c56)ccc34)NC(c3ccccc3)N2)cc1. The predicted octanol–water partition coefficient (Wildman–Crippen LogP) is 12.6. The molecule has 8 aromatic carbocycles. The van der Waals surface area contributed by atoms with Gasteiger partial charge in [0, 0.05) is 32.5 Å². The number of fused-ring (bicyclic) bond motifs is 9. The van der Waals surface area contributed by atoms with E-state index < -0.39 is 0 Å². The van der Waals surface area contributed by atoms with Crippen molar-refractivity contribution >= 4 is 71.5 Å². The molecule has 0 amide bonds. The number of hydrogen-bond donors (Lipinski definition) is 2. The molecule has 6 heteroatoms. The number of hydrogen-bond acceptors (Lipinski definition) is 5. The number of nitrogens with one attached hydrogen (secondary N) is 2. The molecular formula is C51H34N4O2. The second kappa shape index (κ2) is 12.6. The van der Waals surface area contributed by atoms with Gasteiger partial charge >= 0.3 is 0 Å². The molecule has 12 rings (SSSR count). The summed E-state index contributed by atoms with van der Waals surface area (Å²) in [6.45, 7) is 0. The van der Waals surface area contributed by atoms with E-state index in [0.29, 0.717) is 0 Å². The maximum atomic E-state index is 6.61. The van der Waals surface area contributed by atoms with Crippen LogP contribution < -0.4 is 10.6 Å². The molecule has 0 radical (unpaired) electrons. The topological polar surface area (TPSA) is 67.6 Å². The first-order valence-electron chi connectivity index (χ1n) is 19.3. The highest BCUT2D eigenvalue weighted by atomic mass is 16.3. The molecule has 6 nitrogen and oxygen atoms in total. The summed E-state index contributed by atoms with van der Waals surface area (Å²) >= 11 is 0. The van der Waals surface area contributed by atoms with Gasteiger partial charge in [0.2, 0.25) is 0 Å². The van der Waals surface area contributed by atoms with Gasteiger partial charge in [-0.2, -0.15) is 0 Å². The lowest BCUT2D eigenvalue weighted by Crippen LogP contribution is -2.44. The lowest BCUT2D eigenvalue weighted by atomic mass is 10.0. The van der Waals surface area contributed by atoms with Gasteiger partial charge in [-0.3, -0.25) is 5.32 Å². The first kappa shape index (κ1) is 31.9. The Kier molecular flexibility index (Phi) is 7.03. The fraction of sp³-hybridized carbons (Fsp3) is 0.0392. The first-order chi connectivity index (χ1) is 28.2. The summed E-state index contributed by atoms with van der Waals surface area (Å²) in [5.41, 5.74) is 12.2. The smallest absolute Gasteiger partial charge is 0.137 e. The summed E-state index contributed by atoms with van der Waals surface area (Å²) in [6.07, 6.45) is -0.381. The van der Waals surface area contributed by atoms with Crippen LogP contribution in [0.2, 0.25) is 0 Å². The Labute approximate surface area is 327 Å². The number of benzene rings is 8. The number of amidine groups is 1. The van der Waals surface area contributed by atoms with E-state index in [2.05, 4.69) is 173 Å². The maximum Gasteiger partial charge on any atom is 0.137 e. The molecule has 270 valence electrons. The molecule has 0 spiro atoms. The van der Waals surface area contributed by atoms with E-state index in [0.717, 1.165) is 83.2 Å². The van der Waals surface area contributed by atoms with Crippen molar-refractivity contribution in [3.05, 3.63) is 199 Å². The largest absolute Gasteiger partial charge is 0.456 e. The summed E-state index contributed by atoms with van der Waals surface area (Å²) in [7, 11) is 0. The van der Waals surface area contributed by atoms with E-state index in [1.165, 1.54) is 21.8 Å². The van der Waals surface area contributed by atoms with Crippen LogP contribution in [0.3, 0.4) is 0 Å². The van der Waals surface area contributed by atoms with Crippen LogP contribution in [0.25, 0.3) is 82.5 Å². The molecule has 2 unspecified atom stereocenters. The minimum atomic E-state index is -0.272. The predicted molar refractivity (Wildman–Crippen MR) is 232 cm³/mol. The third kappa shape index (κ3) is 5.12. The van der Waals surface area contributed by atoms with Crippen LogP contribution >= 0.6 is 0 Å². The zero-order valence-corrected chi connectivity index (χ0v) is 30.7. The Morgan fingerprint density at radius 1 is 0.439 bits per heavy atom. The monoisotopic (exact) mass is 734 g/mol. The Bertz CT molecular complexity index is 3320. The molecule has 1 aliphatic heterocycles. The highest BCUT2D eigenvalue weighted by molar-refractivity contribution is 6.15. The summed E-state index contributed by atoms with van der Waals surface area (Å²) < 4.78 is 15.6. The van der Waals surface area contributed by atoms with Crippen LogP contribution in [-0.4, -0.2) is 10.4 Å². The highest BCUT2D eigenvalue weighted by Gasteiger charge is 2.26. The van der Waals surface area contributed by atoms with E-state index in [9.17, 15) is 0 Å². The molecule has 0 bridgehead atoms. The maximum absolute atomic E-state index is 6.61. The molecule has 2 atom stereocenters. The van der Waals surface area contributed by atoms with Gasteiger partial charge in [-0.05, 0) is 76.9 Å². The number of furan rings is 2. The van der Waals surface area contributed by atoms with Crippen LogP contribution in [0, 0.1) is 0 Å². The molecule has 0 saturated carbocycles. The van der Waals surface area contributed by atoms with Crippen molar-refractivity contribution in [2.75, 3.05) is 0 Å². The van der Waals surface area contributed by atoms with Gasteiger partial charge in [0.25, 0.3) is 0 Å². The molecule has 57 heavy (non-hydrogen) atoms. The van der Waals surface area contributed by atoms with Crippen molar-refractivity contribution in [3.8, 4) is 16.8 Å². The van der Waals surface area contributed by atoms with Crippen LogP contribution in [0.15, 0.2) is 196 Å². The van der Waals surface area contributed by atoms with Gasteiger partial charge in [-0.1, -0.05) is 127 Å². The van der Waals surface area contributed by atoms with E-state index >= 15 is 0 Å². The first-order valence-corrected chi connectivity index (χ1v) is 19.3. The van der Waals surface area contributed by atoms with E-state index in [1.54, 1.807) is 0 Å². The molecule has 4 heterocycles. The van der Waals surface area contributed by atoms with Crippen molar-refractivity contribution < 1.29 is 8.83 Å². The third-order valence-electron chi connectivity index (χ3n) is 11.5. The van der Waals surface area contributed by atoms with Gasteiger partial charge in [-0.25, -0.2) is 4.99 Å². The van der Waals surface area contributed by atoms with E-state index in [4.69, 9.17) is 13.8 Å². The minimum absolute atomic E-state index is 0.109. The van der Waals surface area contributed by atoms with Crippen molar-refractivity contribution in [2.24, 2.45) is 4.99 Å². The molecule has 2 N–H and O–H groups in total.